The van der Waals surface area contributed by atoms with Crippen LogP contribution in [-0.2, 0) is 42.5 Å². The molecule has 3 aliphatic carbocycles. The van der Waals surface area contributed by atoms with Gasteiger partial charge < -0.3 is 43.6 Å². The molecule has 5 aromatic carbocycles. The number of hydrogen-bond acceptors (Lipinski definition) is 15. The third-order valence-corrected chi connectivity index (χ3v) is 23.9. The summed E-state index contributed by atoms with van der Waals surface area (Å²) in [5.74, 6) is -3.82. The van der Waals surface area contributed by atoms with Crippen molar-refractivity contribution in [3.8, 4) is 0 Å². The summed E-state index contributed by atoms with van der Waals surface area (Å²) in [5, 5.41) is 30.9. The number of hydrogen-bond donors (Lipinski definition) is 3. The highest BCUT2D eigenvalue weighted by Gasteiger charge is 2.71. The van der Waals surface area contributed by atoms with Gasteiger partial charge in [0.2, 0.25) is 6.10 Å². The minimum atomic E-state index is -2.71. The van der Waals surface area contributed by atoms with Gasteiger partial charge in [-0.15, -0.1) is 0 Å². The molecule has 9 atom stereocenters. The molecule has 2 saturated heterocycles. The molecule has 3 N–H and O–H groups in total. The van der Waals surface area contributed by atoms with Crippen LogP contribution in [0.3, 0.4) is 0 Å². The van der Waals surface area contributed by atoms with E-state index < -0.39 is 96.8 Å². The van der Waals surface area contributed by atoms with Crippen LogP contribution >= 0.6 is 0 Å². The van der Waals surface area contributed by atoms with Crippen LogP contribution in [0.1, 0.15) is 93.6 Å². The van der Waals surface area contributed by atoms with E-state index in [4.69, 9.17) is 28.1 Å². The van der Waals surface area contributed by atoms with E-state index in [9.17, 15) is 24.6 Å². The second-order valence-corrected chi connectivity index (χ2v) is 29.5. The van der Waals surface area contributed by atoms with Gasteiger partial charge in [-0.1, -0.05) is 162 Å². The van der Waals surface area contributed by atoms with E-state index in [1.54, 1.807) is 119 Å². The molecule has 0 aromatic heterocycles. The largest absolute Gasteiger partial charge is 0.455 e. The van der Waals surface area contributed by atoms with Gasteiger partial charge in [0.1, 0.15) is 29.6 Å². The number of piperazine rings is 1. The van der Waals surface area contributed by atoms with Crippen molar-refractivity contribution >= 4 is 48.3 Å². The third-order valence-electron chi connectivity index (χ3n) is 18.9. The molecule has 17 heteroatoms. The number of nitrogens with zero attached hydrogens (tertiary/aromatic N) is 2. The number of aliphatic hydroxyl groups excluding tert-OH is 1. The Morgan fingerprint density at radius 2 is 1.30 bits per heavy atom. The normalized spacial score (nSPS) is 25.9. The summed E-state index contributed by atoms with van der Waals surface area (Å²) in [7, 11) is -2.71. The summed E-state index contributed by atoms with van der Waals surface area (Å²) in [6.45, 7) is 17.9. The van der Waals surface area contributed by atoms with Crippen LogP contribution in [-0.4, -0.2) is 160 Å². The maximum Gasteiger partial charge on any atom is 0.350 e. The summed E-state index contributed by atoms with van der Waals surface area (Å²) < 4.78 is 38.4. The monoisotopic (exact) mass is 1190 g/mol. The van der Waals surface area contributed by atoms with Crippen molar-refractivity contribution in [1.29, 1.82) is 0 Å². The van der Waals surface area contributed by atoms with E-state index in [2.05, 4.69) is 79.5 Å². The zero-order valence-electron chi connectivity index (χ0n) is 50.3. The van der Waals surface area contributed by atoms with Gasteiger partial charge in [0.25, 0.3) is 14.2 Å². The van der Waals surface area contributed by atoms with Crippen molar-refractivity contribution in [2.75, 3.05) is 65.7 Å². The number of nitrogens with one attached hydrogen (secondary N) is 1. The molecule has 454 valence electrons. The highest BCUT2D eigenvalue weighted by atomic mass is 28.4. The van der Waals surface area contributed by atoms with Crippen LogP contribution in [0, 0.1) is 29.1 Å². The van der Waals surface area contributed by atoms with E-state index in [1.807, 2.05) is 17.0 Å². The predicted molar refractivity (Wildman–Crippen MR) is 326 cm³/mol. The van der Waals surface area contributed by atoms with Crippen molar-refractivity contribution < 1.29 is 62.3 Å². The van der Waals surface area contributed by atoms with Crippen LogP contribution in [0.2, 0.25) is 5.04 Å². The lowest BCUT2D eigenvalue weighted by molar-refractivity contribution is -0.231. The first-order valence-electron chi connectivity index (χ1n) is 30.0. The number of ether oxygens (including phenoxy) is 5. The zero-order chi connectivity index (χ0) is 61.0. The fourth-order valence-corrected chi connectivity index (χ4v) is 18.3. The van der Waals surface area contributed by atoms with Gasteiger partial charge in [-0.2, -0.15) is 0 Å². The maximum atomic E-state index is 15.4. The van der Waals surface area contributed by atoms with Crippen molar-refractivity contribution in [3.63, 3.8) is 0 Å². The maximum absolute atomic E-state index is 15.4. The average Bonchev–Trinajstić information content (AvgIpc) is 0.698. The fraction of sp³-hybridized carbons (Fsp3) is 0.435. The van der Waals surface area contributed by atoms with Gasteiger partial charge in [0.15, 0.2) is 0 Å². The van der Waals surface area contributed by atoms with E-state index in [1.165, 1.54) is 16.8 Å². The van der Waals surface area contributed by atoms with Crippen molar-refractivity contribution in [3.05, 3.63) is 192 Å². The molecule has 4 fully saturated rings. The second kappa shape index (κ2) is 26.0. The highest BCUT2D eigenvalue weighted by Crippen LogP contribution is 2.62. The van der Waals surface area contributed by atoms with Crippen LogP contribution in [0.15, 0.2) is 163 Å². The van der Waals surface area contributed by atoms with Crippen molar-refractivity contribution in [2.24, 2.45) is 16.7 Å². The van der Waals surface area contributed by atoms with Gasteiger partial charge in [0, 0.05) is 68.4 Å². The Hall–Kier alpha value is -6.67. The van der Waals surface area contributed by atoms with Gasteiger partial charge in [0.05, 0.1) is 62.6 Å². The minimum absolute atomic E-state index is 0.121. The zero-order valence-corrected chi connectivity index (χ0v) is 51.3. The summed E-state index contributed by atoms with van der Waals surface area (Å²) in [5.41, 5.74) is -3.28. The lowest BCUT2D eigenvalue weighted by atomic mass is 9.46. The Balaban J connectivity index is 0.862. The number of carbonyl (C=O) groups excluding carboxylic acids is 5. The molecular formula is C69H81N3O13Si. The lowest BCUT2D eigenvalue weighted by Crippen LogP contribution is -2.72. The highest BCUT2D eigenvalue weighted by molar-refractivity contribution is 6.99. The Kier molecular flexibility index (Phi) is 18.8. The molecule has 1 amide bonds. The van der Waals surface area contributed by atoms with Crippen LogP contribution in [0.4, 0.5) is 0 Å². The summed E-state index contributed by atoms with van der Waals surface area (Å²) in [4.78, 5) is 77.6. The molecule has 2 heterocycles. The third kappa shape index (κ3) is 12.3. The summed E-state index contributed by atoms with van der Waals surface area (Å²) >= 11 is 0. The van der Waals surface area contributed by atoms with E-state index in [-0.39, 0.29) is 36.6 Å². The first-order chi connectivity index (χ1) is 41.2. The minimum Gasteiger partial charge on any atom is -0.455 e. The second-order valence-electron chi connectivity index (χ2n) is 25.2. The van der Waals surface area contributed by atoms with E-state index >= 15 is 9.59 Å². The molecule has 10 rings (SSSR count). The molecule has 16 nitrogen and oxygen atoms in total. The number of aliphatic hydroxyl groups is 2. The van der Waals surface area contributed by atoms with E-state index in [0.29, 0.717) is 74.8 Å². The molecule has 2 saturated carbocycles. The SMILES string of the molecule is CC1=C2[CH]C(=O)[C@]3(C)[C@@H](O)C[C@H]4OC[C]4[C@H]3[C@H](OC(=O)c3ccccc3)[C@](O)(C[C@@H]1OC(=O)[C@H](OC(=O)CN1CCN(CCOCCO[Si](c3ccccc3)(c3ccccc3)C(C)(C)C)CC1)[C@@H](NC(=O)c1ccccc1)c1ccccc1)C2(C)C. The Morgan fingerprint density at radius 3 is 1.87 bits per heavy atom. The number of Topliss-reactive ketones (excluding diaryl/α,β-unsaturated/α-hetero) is 1. The topological polar surface area (TPSA) is 200 Å². The Bertz CT molecular complexity index is 3170. The predicted octanol–water partition coefficient (Wildman–Crippen LogP) is 7.04. The fourth-order valence-electron chi connectivity index (χ4n) is 13.8. The average molecular weight is 1190 g/mol. The number of benzene rings is 5. The standard InChI is InChI=1S/C69H81N3O13Si/c1-46-53-41-56(73)68(7)57(74)42-54-52(45-81-54)59(68)62(85-64(77)49-27-17-10-18-28-49)69(79,67(53,5)6)43-55(46)83-65(78)61(60(47-23-13-8-14-24-47)70-63(76)48-25-15-9-16-26-48)84-58(75)44-72-35-33-71(34-36-72)37-38-80-39-40-82-86(66(2,3)4,50-29-19-11-20-30-50)51-31-21-12-22-32-51/h8-32,41,54-55,57,59-62,74,79H,33-40,42-45H2,1-7H3,(H,70,76)/t54-,55+,57+,59+,60+,61-,62+,68-,69-/m1/s1. The number of amides is 1. The van der Waals surface area contributed by atoms with Crippen molar-refractivity contribution in [1.82, 2.24) is 15.1 Å². The molecule has 86 heavy (non-hydrogen) atoms. The molecule has 2 aliphatic heterocycles. The molecule has 2 radical (unpaired) electrons. The van der Waals surface area contributed by atoms with Gasteiger partial charge in [-0.3, -0.25) is 24.2 Å². The number of esters is 3. The lowest BCUT2D eigenvalue weighted by Gasteiger charge is -2.63. The Morgan fingerprint density at radius 1 is 0.744 bits per heavy atom. The first kappa shape index (κ1) is 62.4. The summed E-state index contributed by atoms with van der Waals surface area (Å²) in [6, 6.07) is 45.2. The molecular weight excluding hydrogens is 1110 g/mol. The molecule has 5 aliphatic rings. The summed E-state index contributed by atoms with van der Waals surface area (Å²) in [6.07, 6.45) is -5.09. The first-order valence-corrected chi connectivity index (χ1v) is 31.9. The molecule has 5 aromatic rings. The van der Waals surface area contributed by atoms with E-state index in [0.717, 1.165) is 5.92 Å². The number of fused-ring (bicyclic) bond motifs is 5. The van der Waals surface area contributed by atoms with Crippen LogP contribution in [0.25, 0.3) is 0 Å². The molecule has 0 unspecified atom stereocenters. The Labute approximate surface area is 506 Å². The molecule has 2 bridgehead atoms. The van der Waals surface area contributed by atoms with Gasteiger partial charge >= 0.3 is 17.9 Å². The number of rotatable bonds is 20. The van der Waals surface area contributed by atoms with Crippen LogP contribution < -0.4 is 15.7 Å². The number of carbonyl (C=O) groups is 5. The van der Waals surface area contributed by atoms with Crippen molar-refractivity contribution in [2.45, 2.75) is 109 Å². The quantitative estimate of drug-likeness (QED) is 0.0310. The van der Waals surface area contributed by atoms with Gasteiger partial charge in [-0.25, -0.2) is 9.59 Å². The smallest absolute Gasteiger partial charge is 0.350 e. The molecule has 0 spiro atoms. The van der Waals surface area contributed by atoms with Crippen LogP contribution in [0.5, 0.6) is 0 Å². The van der Waals surface area contributed by atoms with Gasteiger partial charge in [-0.05, 0) is 70.2 Å². The number of ketones is 1.